The summed E-state index contributed by atoms with van der Waals surface area (Å²) >= 11 is 1.32. The maximum absolute atomic E-state index is 13.4. The molecule has 2 aromatic carbocycles. The molecule has 0 radical (unpaired) electrons. The van der Waals surface area contributed by atoms with Gasteiger partial charge in [-0.3, -0.25) is 10.1 Å². The van der Waals surface area contributed by atoms with Gasteiger partial charge >= 0.3 is 0 Å². The topological polar surface area (TPSA) is 43.1 Å². The van der Waals surface area contributed by atoms with E-state index in [2.05, 4.69) is 0 Å². The molecule has 0 amide bonds. The van der Waals surface area contributed by atoms with Gasteiger partial charge in [0.05, 0.1) is 4.92 Å². The molecule has 0 bridgehead atoms. The second-order valence-electron chi connectivity index (χ2n) is 3.65. The molecular weight excluding hydrogens is 253 g/mol. The molecule has 5 heteroatoms. The fraction of sp³-hybridized carbons (Fsp3) is 0.0769. The Balaban J connectivity index is 2.09. The molecular formula is C13H10FNO2S. The van der Waals surface area contributed by atoms with Crippen LogP contribution in [-0.2, 0) is 5.75 Å². The third kappa shape index (κ3) is 3.07. The van der Waals surface area contributed by atoms with E-state index < -0.39 is 4.92 Å². The minimum absolute atomic E-state index is 0.0571. The highest BCUT2D eigenvalue weighted by atomic mass is 32.2. The van der Waals surface area contributed by atoms with Gasteiger partial charge in [-0.25, -0.2) is 4.39 Å². The van der Waals surface area contributed by atoms with Crippen molar-refractivity contribution in [3.63, 3.8) is 0 Å². The summed E-state index contributed by atoms with van der Waals surface area (Å²) in [4.78, 5) is 10.7. The van der Waals surface area contributed by atoms with Gasteiger partial charge in [0.15, 0.2) is 0 Å². The monoisotopic (exact) mass is 263 g/mol. The average molecular weight is 263 g/mol. The third-order valence-electron chi connectivity index (χ3n) is 2.35. The van der Waals surface area contributed by atoms with Crippen molar-refractivity contribution in [2.45, 2.75) is 10.6 Å². The lowest BCUT2D eigenvalue weighted by atomic mass is 10.2. The van der Waals surface area contributed by atoms with E-state index in [1.165, 1.54) is 30.0 Å². The van der Waals surface area contributed by atoms with Crippen molar-refractivity contribution in [2.75, 3.05) is 0 Å². The van der Waals surface area contributed by atoms with Gasteiger partial charge in [-0.2, -0.15) is 0 Å². The molecule has 0 aliphatic rings. The summed E-state index contributed by atoms with van der Waals surface area (Å²) in [5, 5.41) is 10.6. The van der Waals surface area contributed by atoms with E-state index >= 15 is 0 Å². The predicted molar refractivity (Wildman–Crippen MR) is 69.1 cm³/mol. The summed E-state index contributed by atoms with van der Waals surface area (Å²) < 4.78 is 13.4. The molecule has 0 atom stereocenters. The van der Waals surface area contributed by atoms with Crippen LogP contribution in [0.25, 0.3) is 0 Å². The quantitative estimate of drug-likeness (QED) is 0.475. The lowest BCUT2D eigenvalue weighted by molar-refractivity contribution is -0.384. The molecule has 0 saturated heterocycles. The fourth-order valence-corrected chi connectivity index (χ4v) is 2.37. The van der Waals surface area contributed by atoms with Crippen LogP contribution in [0.3, 0.4) is 0 Å². The van der Waals surface area contributed by atoms with Crippen LogP contribution in [0.2, 0.25) is 0 Å². The molecule has 18 heavy (non-hydrogen) atoms. The maximum atomic E-state index is 13.4. The largest absolute Gasteiger partial charge is 0.269 e. The minimum Gasteiger partial charge on any atom is -0.258 e. The van der Waals surface area contributed by atoms with Gasteiger partial charge in [0.2, 0.25) is 0 Å². The number of thioether (sulfide) groups is 1. The fourth-order valence-electron chi connectivity index (χ4n) is 1.48. The normalized spacial score (nSPS) is 10.3. The molecule has 0 heterocycles. The van der Waals surface area contributed by atoms with E-state index in [0.29, 0.717) is 10.6 Å². The summed E-state index contributed by atoms with van der Waals surface area (Å²) in [5.41, 5.74) is 0.860. The summed E-state index contributed by atoms with van der Waals surface area (Å²) in [6, 6.07) is 12.9. The Morgan fingerprint density at radius 1 is 1.17 bits per heavy atom. The van der Waals surface area contributed by atoms with Gasteiger partial charge < -0.3 is 0 Å². The second-order valence-corrected chi connectivity index (χ2v) is 4.66. The van der Waals surface area contributed by atoms with E-state index in [1.807, 2.05) is 0 Å². The number of benzene rings is 2. The maximum Gasteiger partial charge on any atom is 0.269 e. The zero-order chi connectivity index (χ0) is 13.0. The van der Waals surface area contributed by atoms with Crippen molar-refractivity contribution in [3.8, 4) is 0 Å². The van der Waals surface area contributed by atoms with Crippen LogP contribution in [0, 0.1) is 15.9 Å². The Kier molecular flexibility index (Phi) is 3.94. The summed E-state index contributed by atoms with van der Waals surface area (Å²) in [5.74, 6) is 0.232. The molecule has 0 N–H and O–H groups in total. The lowest BCUT2D eigenvalue weighted by Crippen LogP contribution is -1.89. The number of nitrogens with zero attached hydrogens (tertiary/aromatic N) is 1. The smallest absolute Gasteiger partial charge is 0.258 e. The van der Waals surface area contributed by atoms with Crippen LogP contribution in [0.15, 0.2) is 53.4 Å². The molecule has 0 fully saturated rings. The van der Waals surface area contributed by atoms with Gasteiger partial charge in [0, 0.05) is 22.8 Å². The van der Waals surface area contributed by atoms with E-state index in [4.69, 9.17) is 0 Å². The van der Waals surface area contributed by atoms with Gasteiger partial charge in [0.25, 0.3) is 5.69 Å². The van der Waals surface area contributed by atoms with Crippen molar-refractivity contribution in [3.05, 3.63) is 70.0 Å². The second kappa shape index (κ2) is 5.64. The molecule has 0 aliphatic heterocycles. The molecule has 92 valence electrons. The Hall–Kier alpha value is -1.88. The first-order valence-electron chi connectivity index (χ1n) is 5.27. The number of non-ortho nitro benzene ring substituents is 1. The van der Waals surface area contributed by atoms with Crippen LogP contribution < -0.4 is 0 Å². The van der Waals surface area contributed by atoms with Crippen molar-refractivity contribution in [2.24, 2.45) is 0 Å². The van der Waals surface area contributed by atoms with E-state index in [1.54, 1.807) is 30.3 Å². The van der Waals surface area contributed by atoms with E-state index in [9.17, 15) is 14.5 Å². The standard InChI is InChI=1S/C13H10FNO2S/c14-12-6-1-2-7-13(12)18-9-10-4-3-5-11(8-10)15(16)17/h1-8H,9H2. The SMILES string of the molecule is O=[N+]([O-])c1cccc(CSc2ccccc2F)c1. The summed E-state index contributed by atoms with van der Waals surface area (Å²) in [6.07, 6.45) is 0. The average Bonchev–Trinajstić information content (AvgIpc) is 2.38. The molecule has 0 saturated carbocycles. The van der Waals surface area contributed by atoms with Crippen LogP contribution >= 0.6 is 11.8 Å². The van der Waals surface area contributed by atoms with Gasteiger partial charge in [-0.05, 0) is 17.7 Å². The van der Waals surface area contributed by atoms with E-state index in [-0.39, 0.29) is 11.5 Å². The molecule has 0 spiro atoms. The number of rotatable bonds is 4. The Morgan fingerprint density at radius 2 is 1.94 bits per heavy atom. The van der Waals surface area contributed by atoms with Crippen molar-refractivity contribution in [1.29, 1.82) is 0 Å². The first-order valence-corrected chi connectivity index (χ1v) is 6.26. The predicted octanol–water partition coefficient (Wildman–Crippen LogP) is 4.03. The van der Waals surface area contributed by atoms with Gasteiger partial charge in [-0.15, -0.1) is 11.8 Å². The molecule has 0 aromatic heterocycles. The van der Waals surface area contributed by atoms with Crippen LogP contribution in [0.4, 0.5) is 10.1 Å². The third-order valence-corrected chi connectivity index (χ3v) is 3.47. The Morgan fingerprint density at radius 3 is 2.67 bits per heavy atom. The van der Waals surface area contributed by atoms with Crippen LogP contribution in [-0.4, -0.2) is 4.92 Å². The zero-order valence-electron chi connectivity index (χ0n) is 9.38. The highest BCUT2D eigenvalue weighted by Crippen LogP contribution is 2.26. The summed E-state index contributed by atoms with van der Waals surface area (Å²) in [7, 11) is 0. The highest BCUT2D eigenvalue weighted by Gasteiger charge is 2.07. The zero-order valence-corrected chi connectivity index (χ0v) is 10.2. The number of halogens is 1. The van der Waals surface area contributed by atoms with Crippen molar-refractivity contribution < 1.29 is 9.31 Å². The summed E-state index contributed by atoms with van der Waals surface area (Å²) in [6.45, 7) is 0. The Labute approximate surface area is 108 Å². The molecule has 0 aliphatic carbocycles. The van der Waals surface area contributed by atoms with Crippen molar-refractivity contribution in [1.82, 2.24) is 0 Å². The van der Waals surface area contributed by atoms with Gasteiger partial charge in [-0.1, -0.05) is 24.3 Å². The number of hydrogen-bond acceptors (Lipinski definition) is 3. The minimum atomic E-state index is -0.433. The number of nitro groups is 1. The van der Waals surface area contributed by atoms with Gasteiger partial charge in [0.1, 0.15) is 5.82 Å². The van der Waals surface area contributed by atoms with Crippen molar-refractivity contribution >= 4 is 17.4 Å². The molecule has 2 rings (SSSR count). The Bertz CT molecular complexity index is 574. The van der Waals surface area contributed by atoms with E-state index in [0.717, 1.165) is 5.56 Å². The molecule has 2 aromatic rings. The number of nitro benzene ring substituents is 1. The van der Waals surface area contributed by atoms with Crippen LogP contribution in [0.1, 0.15) is 5.56 Å². The first kappa shape index (κ1) is 12.6. The first-order chi connectivity index (χ1) is 8.66. The number of hydrogen-bond donors (Lipinski definition) is 0. The lowest BCUT2D eigenvalue weighted by Gasteiger charge is -2.03. The highest BCUT2D eigenvalue weighted by molar-refractivity contribution is 7.98. The van der Waals surface area contributed by atoms with Crippen LogP contribution in [0.5, 0.6) is 0 Å². The molecule has 3 nitrogen and oxygen atoms in total. The molecule has 0 unspecified atom stereocenters.